The van der Waals surface area contributed by atoms with Gasteiger partial charge in [0.1, 0.15) is 17.2 Å². The molecule has 0 heterocycles. The second-order valence-electron chi connectivity index (χ2n) is 13.7. The van der Waals surface area contributed by atoms with Crippen LogP contribution in [-0.4, -0.2) is 0 Å². The van der Waals surface area contributed by atoms with Gasteiger partial charge in [0, 0.05) is 0 Å². The lowest BCUT2D eigenvalue weighted by atomic mass is 9.82. The van der Waals surface area contributed by atoms with Gasteiger partial charge in [-0.1, -0.05) is 123 Å². The maximum absolute atomic E-state index is 8.05. The van der Waals surface area contributed by atoms with Crippen molar-refractivity contribution in [1.29, 1.82) is 15.8 Å². The number of nitriles is 3. The Bertz CT molecular complexity index is 1270. The summed E-state index contributed by atoms with van der Waals surface area (Å²) in [5, 5.41) is 24.1. The van der Waals surface area contributed by atoms with Crippen LogP contribution in [0.1, 0.15) is 132 Å². The van der Waals surface area contributed by atoms with Crippen molar-refractivity contribution in [2.24, 2.45) is 47.3 Å². The molecule has 9 rings (SSSR count). The number of fused-ring (bicyclic) bond motifs is 10. The highest BCUT2D eigenvalue weighted by molar-refractivity contribution is 5.23. The van der Waals surface area contributed by atoms with E-state index in [-0.39, 0.29) is 0 Å². The molecule has 6 nitrogen and oxygen atoms in total. The number of hydrogen-bond acceptors (Lipinski definition) is 6. The minimum Gasteiger partial charge on any atom is -0.388 e. The Hall–Kier alpha value is -4.47. The van der Waals surface area contributed by atoms with Crippen LogP contribution in [0.25, 0.3) is 0 Å². The Kier molecular flexibility index (Phi) is 27.2. The normalized spacial score (nSPS) is 25.3. The smallest absolute Gasteiger partial charge is 0.292 e. The van der Waals surface area contributed by atoms with E-state index in [4.69, 9.17) is 15.8 Å². The van der Waals surface area contributed by atoms with Gasteiger partial charge >= 0.3 is 0 Å². The molecular weight excluding hydrogens is 679 g/mol. The van der Waals surface area contributed by atoms with Gasteiger partial charge < -0.3 is 14.2 Å². The van der Waals surface area contributed by atoms with Crippen LogP contribution >= 0.6 is 0 Å². The third kappa shape index (κ3) is 16.4. The van der Waals surface area contributed by atoms with Gasteiger partial charge in [-0.25, -0.2) is 0 Å². The van der Waals surface area contributed by atoms with Crippen molar-refractivity contribution in [3.8, 4) is 36.0 Å². The molecule has 6 aliphatic rings. The Morgan fingerprint density at radius 2 is 0.582 bits per heavy atom. The fourth-order valence-corrected chi connectivity index (χ4v) is 9.66. The zero-order chi connectivity index (χ0) is 40.7. The number of ether oxygens (including phenoxy) is 3. The quantitative estimate of drug-likeness (QED) is 0.247. The molecular formula is C49H71N3O3. The van der Waals surface area contributed by atoms with Crippen LogP contribution in [0.4, 0.5) is 0 Å². The summed E-state index contributed by atoms with van der Waals surface area (Å²) < 4.78 is 13.5. The first-order chi connectivity index (χ1) is 27.2. The number of para-hydroxylation sites is 3. The predicted molar refractivity (Wildman–Crippen MR) is 227 cm³/mol. The Balaban J connectivity index is 0.000000329. The van der Waals surface area contributed by atoms with E-state index in [1.165, 1.54) is 47.3 Å². The average molecular weight is 750 g/mol. The molecule has 6 aliphatic carbocycles. The molecule has 8 unspecified atom stereocenters. The molecule has 0 N–H and O–H groups in total. The van der Waals surface area contributed by atoms with Crippen molar-refractivity contribution >= 4 is 0 Å². The van der Waals surface area contributed by atoms with Crippen LogP contribution < -0.4 is 14.2 Å². The lowest BCUT2D eigenvalue weighted by molar-refractivity contribution is 0.259. The van der Waals surface area contributed by atoms with E-state index in [9.17, 15) is 0 Å². The molecule has 300 valence electrons. The Labute approximate surface area is 335 Å². The first-order valence-corrected chi connectivity index (χ1v) is 21.5. The molecule has 6 saturated carbocycles. The first-order valence-electron chi connectivity index (χ1n) is 21.5. The summed E-state index contributed by atoms with van der Waals surface area (Å²) in [5.74, 6) is 11.3. The standard InChI is InChI=1S/2C10H16.3C7H5NO.4C2H6/c2*1-2-9-7-4-5-8(6-7)10(9)3-1;3*8-6-9-7-4-2-1-3-5-7;4*1-2/h2*7-10H,1-6H2;3*1-5H;4*1-2H3. The zero-order valence-corrected chi connectivity index (χ0v) is 35.3. The second-order valence-corrected chi connectivity index (χ2v) is 13.7. The molecule has 3 aromatic rings. The van der Waals surface area contributed by atoms with Crippen LogP contribution in [0.15, 0.2) is 91.0 Å². The Morgan fingerprint density at radius 3 is 0.782 bits per heavy atom. The SMILES string of the molecule is C1CC2C3CCC(C3)C2C1.C1CC2C3CCC(C3)C2C1.CC.CC.CC.CC.N#COc1ccccc1.N#COc1ccccc1.N#COc1ccccc1. The molecule has 0 saturated heterocycles. The molecule has 0 amide bonds. The lowest BCUT2D eigenvalue weighted by Crippen LogP contribution is -2.15. The fraction of sp³-hybridized carbons (Fsp3) is 0.571. The van der Waals surface area contributed by atoms with Gasteiger partial charge in [0.25, 0.3) is 18.8 Å². The highest BCUT2D eigenvalue weighted by atomic mass is 16.5. The van der Waals surface area contributed by atoms with Crippen LogP contribution in [0.3, 0.4) is 0 Å². The average Bonchev–Trinajstić information content (AvgIpc) is 4.13. The van der Waals surface area contributed by atoms with Crippen molar-refractivity contribution in [1.82, 2.24) is 0 Å². The van der Waals surface area contributed by atoms with Gasteiger partial charge in [0.15, 0.2) is 0 Å². The molecule has 6 heteroatoms. The number of benzene rings is 3. The van der Waals surface area contributed by atoms with Gasteiger partial charge in [-0.3, -0.25) is 0 Å². The molecule has 8 atom stereocenters. The summed E-state index contributed by atoms with van der Waals surface area (Å²) in [6.07, 6.45) is 23.8. The third-order valence-electron chi connectivity index (χ3n) is 11.4. The summed E-state index contributed by atoms with van der Waals surface area (Å²) in [4.78, 5) is 0. The van der Waals surface area contributed by atoms with E-state index in [2.05, 4.69) is 14.2 Å². The van der Waals surface area contributed by atoms with Crippen LogP contribution in [0.5, 0.6) is 17.2 Å². The van der Waals surface area contributed by atoms with Crippen molar-refractivity contribution in [3.05, 3.63) is 91.0 Å². The third-order valence-corrected chi connectivity index (χ3v) is 11.4. The van der Waals surface area contributed by atoms with Crippen molar-refractivity contribution in [3.63, 3.8) is 0 Å². The first kappa shape index (κ1) is 48.5. The van der Waals surface area contributed by atoms with E-state index in [0.29, 0.717) is 17.2 Å². The van der Waals surface area contributed by atoms with Crippen molar-refractivity contribution in [2.75, 3.05) is 0 Å². The topological polar surface area (TPSA) is 99.1 Å². The Morgan fingerprint density at radius 1 is 0.364 bits per heavy atom. The van der Waals surface area contributed by atoms with Gasteiger partial charge in [0.2, 0.25) is 0 Å². The van der Waals surface area contributed by atoms with Gasteiger partial charge in [-0.05, 0) is 148 Å². The summed E-state index contributed by atoms with van der Waals surface area (Å²) in [7, 11) is 0. The fourth-order valence-electron chi connectivity index (χ4n) is 9.66. The van der Waals surface area contributed by atoms with Crippen LogP contribution in [-0.2, 0) is 0 Å². The molecule has 6 fully saturated rings. The highest BCUT2D eigenvalue weighted by Gasteiger charge is 2.49. The van der Waals surface area contributed by atoms with Crippen LogP contribution in [0.2, 0.25) is 0 Å². The van der Waals surface area contributed by atoms with E-state index < -0.39 is 0 Å². The summed E-state index contributed by atoms with van der Waals surface area (Å²) >= 11 is 0. The monoisotopic (exact) mass is 750 g/mol. The minimum absolute atomic E-state index is 0.583. The van der Waals surface area contributed by atoms with E-state index in [1.807, 2.05) is 110 Å². The second kappa shape index (κ2) is 30.8. The van der Waals surface area contributed by atoms with Gasteiger partial charge in [-0.15, -0.1) is 15.8 Å². The van der Waals surface area contributed by atoms with E-state index >= 15 is 0 Å². The van der Waals surface area contributed by atoms with Crippen LogP contribution in [0, 0.1) is 81.9 Å². The molecule has 0 radical (unpaired) electrons. The maximum Gasteiger partial charge on any atom is 0.292 e. The number of rotatable bonds is 3. The minimum atomic E-state index is 0.583. The predicted octanol–water partition coefficient (Wildman–Crippen LogP) is 14.4. The molecule has 4 bridgehead atoms. The molecule has 55 heavy (non-hydrogen) atoms. The largest absolute Gasteiger partial charge is 0.388 e. The molecule has 0 spiro atoms. The zero-order valence-electron chi connectivity index (χ0n) is 35.3. The summed E-state index contributed by atoms with van der Waals surface area (Å²) in [5.41, 5.74) is 0. The highest BCUT2D eigenvalue weighted by Crippen LogP contribution is 2.59. The van der Waals surface area contributed by atoms with E-state index in [0.717, 1.165) is 0 Å². The lowest BCUT2D eigenvalue weighted by Gasteiger charge is -2.23. The number of nitrogens with zero attached hydrogens (tertiary/aromatic N) is 3. The van der Waals surface area contributed by atoms with Gasteiger partial charge in [0.05, 0.1) is 0 Å². The summed E-state index contributed by atoms with van der Waals surface area (Å²) in [6, 6.07) is 26.8. The number of hydrogen-bond donors (Lipinski definition) is 0. The van der Waals surface area contributed by atoms with Gasteiger partial charge in [-0.2, -0.15) is 0 Å². The molecule has 0 aromatic heterocycles. The van der Waals surface area contributed by atoms with E-state index in [1.54, 1.807) is 132 Å². The molecule has 3 aromatic carbocycles. The molecule has 0 aliphatic heterocycles. The summed E-state index contributed by atoms with van der Waals surface area (Å²) in [6.45, 7) is 16.0. The maximum atomic E-state index is 8.05. The van der Waals surface area contributed by atoms with Crippen molar-refractivity contribution < 1.29 is 14.2 Å². The van der Waals surface area contributed by atoms with Crippen molar-refractivity contribution in [2.45, 2.75) is 132 Å².